The summed E-state index contributed by atoms with van der Waals surface area (Å²) in [5, 5.41) is 88.5. The quantitative estimate of drug-likeness (QED) is 0.0170. The summed E-state index contributed by atoms with van der Waals surface area (Å²) in [4.78, 5) is 206. The Labute approximate surface area is 735 Å². The Kier molecular flexibility index (Phi) is 47.7. The van der Waals surface area contributed by atoms with E-state index in [9.17, 15) is 97.5 Å². The number of unbranched alkanes of at least 4 members (excludes halogenated alkanes) is 12. The number of aromatic hydroxyl groups is 1. The number of phenolic OH excluding ortho intramolecular Hbond substituents is 1. The number of benzene rings is 3. The molecule has 22 N–H and O–H groups in total. The number of phenols is 1. The monoisotopic (exact) mass is 1760 g/mol. The standard InChI is InChI=1S/C45H61N9O8.C44H73N7O13/c1-27-19-20-31(56)14-7-4-8-16-34(28(2)55)50-42(60)38(23-30-25-49-35-17-10-9-15-33(30)35)52-40(58)36(18-11-21-48-45(46)47)51-41(59)37(22-29-12-5-3-6-13-29)53-43(61)39-24-32(57)26-54(39)44(27)62;1-4-5-18-32(40(60)45-3)48-44(64)39(29(2)54)51-41(61)33(25-30-21-23-31(55)24-22-30)49-43(63)35(28-53)50-42(62)34(27-52)47-37(57)26-46-36(56)19-16-14-12-10-8-6-7-9-11-13-15-17-20-38(58)59/h3,5-6,9-10,12-13,15,17,25,27,32,34,36-39,49,57H,4,7-8,11,14,16,18-24,26H2,1-2H3,(H,50,60)(H,51,59)(H,52,58)(H,53,61)(H4,46,47,48);21-24,29,32-35,39,52-55H,4-20,25-28H2,1-3H3,(H,45,60)(H,46,56)(H,47,57)(H,48,64)(H,49,63)(H,50,62)(H,51,61)(H,58,59)/t27-,32+,34-,36-,37+,38-,39-;29-,32+,33+,34+,35+,39+/m01/s1. The molecule has 0 radical (unpaired) electrons. The fourth-order valence-electron chi connectivity index (χ4n) is 14.7. The van der Waals surface area contributed by atoms with Gasteiger partial charge in [0.25, 0.3) is 0 Å². The smallest absolute Gasteiger partial charge is 0.303 e. The van der Waals surface area contributed by atoms with Gasteiger partial charge in [-0.25, -0.2) is 0 Å². The number of carbonyl (C=O) groups excluding carboxylic acids is 14. The highest BCUT2D eigenvalue weighted by Crippen LogP contribution is 2.26. The first-order chi connectivity index (χ1) is 60.2. The average Bonchev–Trinajstić information content (AvgIpc) is 1.68. The van der Waals surface area contributed by atoms with E-state index in [1.54, 1.807) is 43.5 Å². The molecular formula is C89H134N16O21. The number of aromatic nitrogens is 1. The Balaban J connectivity index is 0.000000447. The van der Waals surface area contributed by atoms with Crippen LogP contribution in [-0.4, -0.2) is 247 Å². The summed E-state index contributed by atoms with van der Waals surface area (Å²) in [5.41, 5.74) is 13.8. The maximum absolute atomic E-state index is 14.4. The zero-order valence-corrected chi connectivity index (χ0v) is 73.2. The van der Waals surface area contributed by atoms with Crippen molar-refractivity contribution in [2.24, 2.45) is 22.4 Å². The number of likely N-dealkylation sites (N-methyl/N-ethyl adjacent to an activating group) is 1. The van der Waals surface area contributed by atoms with Crippen LogP contribution in [0.1, 0.15) is 218 Å². The number of nitrogens with two attached hydrogens (primary N) is 2. The van der Waals surface area contributed by atoms with E-state index in [4.69, 9.17) is 16.6 Å². The van der Waals surface area contributed by atoms with Gasteiger partial charge >= 0.3 is 5.97 Å². The molecule has 0 unspecified atom stereocenters. The van der Waals surface area contributed by atoms with Gasteiger partial charge in [0.15, 0.2) is 11.7 Å². The maximum atomic E-state index is 14.4. The van der Waals surface area contributed by atoms with E-state index in [2.05, 4.69) is 68.5 Å². The highest BCUT2D eigenvalue weighted by Gasteiger charge is 2.43. The molecule has 0 aliphatic carbocycles. The van der Waals surface area contributed by atoms with Crippen LogP contribution in [0.15, 0.2) is 90.1 Å². The van der Waals surface area contributed by atoms with Gasteiger partial charge in [-0.15, -0.1) is 0 Å². The molecule has 2 saturated heterocycles. The van der Waals surface area contributed by atoms with Crippen molar-refractivity contribution < 1.29 is 103 Å². The molecule has 696 valence electrons. The van der Waals surface area contributed by atoms with Crippen molar-refractivity contribution in [1.29, 1.82) is 0 Å². The largest absolute Gasteiger partial charge is 0.508 e. The Morgan fingerprint density at radius 2 is 1.15 bits per heavy atom. The number of amides is 12. The number of aliphatic hydroxyl groups is 4. The van der Waals surface area contributed by atoms with Crippen LogP contribution in [0, 0.1) is 5.92 Å². The molecular weight excluding hydrogens is 1630 g/mol. The molecule has 0 bridgehead atoms. The van der Waals surface area contributed by atoms with Crippen molar-refractivity contribution >= 4 is 105 Å². The van der Waals surface area contributed by atoms with Gasteiger partial charge in [0.2, 0.25) is 70.9 Å². The van der Waals surface area contributed by atoms with Gasteiger partial charge in [0.1, 0.15) is 65.9 Å². The van der Waals surface area contributed by atoms with E-state index in [1.807, 2.05) is 31.2 Å². The number of rotatable bonds is 44. The van der Waals surface area contributed by atoms with E-state index < -0.39 is 163 Å². The minimum absolute atomic E-state index is 0.0144. The van der Waals surface area contributed by atoms with Crippen molar-refractivity contribution in [3.8, 4) is 5.75 Å². The topological polar surface area (TPSA) is 593 Å². The highest BCUT2D eigenvalue weighted by molar-refractivity contribution is 5.99. The van der Waals surface area contributed by atoms with Crippen LogP contribution >= 0.6 is 0 Å². The fourth-order valence-corrected chi connectivity index (χ4v) is 14.7. The Morgan fingerprint density at radius 3 is 1.76 bits per heavy atom. The number of H-pyrrole nitrogens is 1. The molecule has 37 heteroatoms. The summed E-state index contributed by atoms with van der Waals surface area (Å²) in [6.07, 6.45) is 16.0. The number of nitrogens with one attached hydrogen (secondary N) is 12. The number of carbonyl (C=O) groups is 15. The third-order valence-corrected chi connectivity index (χ3v) is 22.1. The molecule has 37 nitrogen and oxygen atoms in total. The number of Topliss-reactive ketones (excluding diaryl/α,β-unsaturated/α-hetero) is 2. The number of guanidine groups is 1. The molecule has 2 aliphatic heterocycles. The summed E-state index contributed by atoms with van der Waals surface area (Å²) in [6, 6.07) is 9.11. The third-order valence-electron chi connectivity index (χ3n) is 22.1. The SMILES string of the molecule is CC(=O)[C@@H]1CCCCCC(=O)CC[C@H](C)C(=O)N2C[C@H](O)C[C@H]2C(=O)N[C@H](Cc2ccccc2)C(=O)N[C@@H](CCCN=C(N)N)C(=O)N[C@@H](Cc2c[nH]c3ccccc23)C(=O)N1.CCCC[C@H](NC(=O)[C@@H](NC(=O)[C@H](Cc1ccc(O)cc1)NC(=O)[C@H](CO)NC(=O)[C@H](CO)NC(=O)CNC(=O)CCCCCCCCCCCCCCC(=O)O)[C@@H](C)O)C(=O)NC. The van der Waals surface area contributed by atoms with Crippen molar-refractivity contribution in [2.45, 2.75) is 293 Å². The second-order valence-electron chi connectivity index (χ2n) is 32.5. The second-order valence-corrected chi connectivity index (χ2v) is 32.5. The lowest BCUT2D eigenvalue weighted by atomic mass is 9.98. The van der Waals surface area contributed by atoms with Crippen LogP contribution in [0.2, 0.25) is 0 Å². The lowest BCUT2D eigenvalue weighted by molar-refractivity contribution is -0.142. The summed E-state index contributed by atoms with van der Waals surface area (Å²) in [6.45, 7) is 3.88. The summed E-state index contributed by atoms with van der Waals surface area (Å²) in [5.74, 6) is -10.6. The van der Waals surface area contributed by atoms with Gasteiger partial charge in [0.05, 0.1) is 38.0 Å². The Morgan fingerprint density at radius 1 is 0.587 bits per heavy atom. The molecule has 1 aromatic heterocycles. The Hall–Kier alpha value is -11.4. The molecule has 6 rings (SSSR count). The number of hydrogen-bond acceptors (Lipinski definition) is 21. The molecule has 4 aromatic rings. The van der Waals surface area contributed by atoms with Crippen molar-refractivity contribution in [1.82, 2.24) is 68.4 Å². The average molecular weight is 1760 g/mol. The molecule has 0 saturated carbocycles. The predicted octanol–water partition coefficient (Wildman–Crippen LogP) is 1.77. The predicted molar refractivity (Wildman–Crippen MR) is 469 cm³/mol. The van der Waals surface area contributed by atoms with Gasteiger partial charge in [-0.1, -0.05) is 164 Å². The van der Waals surface area contributed by atoms with Gasteiger partial charge < -0.3 is 110 Å². The minimum Gasteiger partial charge on any atom is -0.508 e. The Bertz CT molecular complexity index is 4200. The first kappa shape index (κ1) is 105. The van der Waals surface area contributed by atoms with Gasteiger partial charge in [-0.05, 0) is 100 Å². The molecule has 0 spiro atoms. The van der Waals surface area contributed by atoms with Crippen LogP contribution in [0.5, 0.6) is 5.75 Å². The van der Waals surface area contributed by atoms with Crippen molar-refractivity contribution in [2.75, 3.05) is 39.9 Å². The van der Waals surface area contributed by atoms with Gasteiger partial charge in [-0.3, -0.25) is 76.9 Å². The number of fused-ring (bicyclic) bond motifs is 2. The summed E-state index contributed by atoms with van der Waals surface area (Å²) < 4.78 is 0. The minimum atomic E-state index is -1.70. The number of carboxylic acids is 1. The van der Waals surface area contributed by atoms with Crippen LogP contribution in [0.25, 0.3) is 10.9 Å². The fraction of sp³-hybridized carbons (Fsp3) is 0.596. The molecule has 3 aromatic carbocycles. The van der Waals surface area contributed by atoms with Crippen LogP contribution in [-0.2, 0) is 91.2 Å². The number of aliphatic carboxylic acids is 1. The van der Waals surface area contributed by atoms with Crippen molar-refractivity contribution in [3.05, 3.63) is 102 Å². The summed E-state index contributed by atoms with van der Waals surface area (Å²) >= 11 is 0. The van der Waals surface area contributed by atoms with Crippen LogP contribution < -0.4 is 70.0 Å². The highest BCUT2D eigenvalue weighted by atomic mass is 16.4. The number of para-hydroxylation sites is 1. The third kappa shape index (κ3) is 38.6. The number of nitrogens with zero attached hydrogens (tertiary/aromatic N) is 2. The van der Waals surface area contributed by atoms with E-state index >= 15 is 0 Å². The first-order valence-electron chi connectivity index (χ1n) is 44.0. The van der Waals surface area contributed by atoms with E-state index in [0.29, 0.717) is 56.1 Å². The van der Waals surface area contributed by atoms with E-state index in [-0.39, 0.29) is 119 Å². The first-order valence-corrected chi connectivity index (χ1v) is 44.0. The molecule has 2 fully saturated rings. The number of aliphatic imine (C=N–C) groups is 1. The van der Waals surface area contributed by atoms with Gasteiger partial charge in [-0.2, -0.15) is 0 Å². The molecule has 2 aliphatic rings. The molecule has 12 amide bonds. The van der Waals surface area contributed by atoms with E-state index in [0.717, 1.165) is 93.5 Å². The second kappa shape index (κ2) is 57.2. The number of ketones is 2. The lowest BCUT2D eigenvalue weighted by Gasteiger charge is -2.29. The van der Waals surface area contributed by atoms with Crippen LogP contribution in [0.4, 0.5) is 0 Å². The molecule has 126 heavy (non-hydrogen) atoms. The normalized spacial score (nSPS) is 19.5. The number of aromatic amines is 1. The zero-order valence-electron chi connectivity index (χ0n) is 73.2. The van der Waals surface area contributed by atoms with Crippen molar-refractivity contribution in [3.63, 3.8) is 0 Å². The lowest BCUT2D eigenvalue weighted by Crippen LogP contribution is -2.62. The summed E-state index contributed by atoms with van der Waals surface area (Å²) in [7, 11) is 1.40. The van der Waals surface area contributed by atoms with Crippen LogP contribution in [0.3, 0.4) is 0 Å². The zero-order chi connectivity index (χ0) is 92.6. The molecule has 3 heterocycles. The number of aliphatic hydroxyl groups excluding tert-OH is 4. The maximum Gasteiger partial charge on any atom is 0.303 e. The molecule has 13 atom stereocenters. The van der Waals surface area contributed by atoms with E-state index in [1.165, 1.54) is 50.1 Å². The number of carboxylic acid groups (broad SMARTS) is 1. The van der Waals surface area contributed by atoms with Gasteiger partial charge in [0, 0.05) is 94.5 Å². The number of hydrogen-bond donors (Lipinski definition) is 20.